The zero-order valence-corrected chi connectivity index (χ0v) is 9.66. The van der Waals surface area contributed by atoms with E-state index in [-0.39, 0.29) is 11.3 Å². The van der Waals surface area contributed by atoms with Gasteiger partial charge in [-0.15, -0.1) is 0 Å². The van der Waals surface area contributed by atoms with Crippen LogP contribution in [0.5, 0.6) is 0 Å². The summed E-state index contributed by atoms with van der Waals surface area (Å²) in [6, 6.07) is 8.62. The summed E-state index contributed by atoms with van der Waals surface area (Å²) < 4.78 is 1.58. The van der Waals surface area contributed by atoms with Gasteiger partial charge in [-0.1, -0.05) is 18.5 Å². The van der Waals surface area contributed by atoms with Crippen molar-refractivity contribution in [3.63, 3.8) is 0 Å². The molecule has 1 heterocycles. The third-order valence-corrected chi connectivity index (χ3v) is 3.18. The fourth-order valence-corrected chi connectivity index (χ4v) is 2.15. The maximum absolute atomic E-state index is 11.4. The number of carbonyl (C=O) groups excluding carboxylic acids is 1. The first kappa shape index (κ1) is 10.8. The van der Waals surface area contributed by atoms with Gasteiger partial charge in [0, 0.05) is 23.4 Å². The van der Waals surface area contributed by atoms with E-state index < -0.39 is 0 Å². The number of ketones is 1. The van der Waals surface area contributed by atoms with Crippen LogP contribution in [0.25, 0.3) is 5.69 Å². The van der Waals surface area contributed by atoms with E-state index in [1.165, 1.54) is 17.6 Å². The third kappa shape index (κ3) is 1.97. The summed E-state index contributed by atoms with van der Waals surface area (Å²) in [5, 5.41) is 1.74. The molecule has 3 nitrogen and oxygen atoms in total. The molecule has 0 amide bonds. The number of benzene rings is 1. The minimum Gasteiger partial charge on any atom is -0.294 e. The topological polar surface area (TPSA) is 39.1 Å². The van der Waals surface area contributed by atoms with Crippen molar-refractivity contribution in [3.8, 4) is 5.69 Å². The Bertz CT molecular complexity index is 551. The van der Waals surface area contributed by atoms with E-state index in [1.54, 1.807) is 33.6 Å². The van der Waals surface area contributed by atoms with Gasteiger partial charge in [-0.25, -0.2) is 3.96 Å². The van der Waals surface area contributed by atoms with Crippen molar-refractivity contribution < 1.29 is 4.79 Å². The largest absolute Gasteiger partial charge is 0.294 e. The molecule has 16 heavy (non-hydrogen) atoms. The molecular weight excluding hydrogens is 222 g/mol. The van der Waals surface area contributed by atoms with Crippen molar-refractivity contribution in [1.29, 1.82) is 0 Å². The van der Waals surface area contributed by atoms with E-state index >= 15 is 0 Å². The van der Waals surface area contributed by atoms with Crippen LogP contribution in [0.1, 0.15) is 23.7 Å². The molecule has 0 bridgehead atoms. The Balaban J connectivity index is 2.37. The van der Waals surface area contributed by atoms with Gasteiger partial charge >= 0.3 is 0 Å². The smallest absolute Gasteiger partial charge is 0.265 e. The van der Waals surface area contributed by atoms with Crippen molar-refractivity contribution in [3.05, 3.63) is 51.6 Å². The van der Waals surface area contributed by atoms with E-state index in [1.807, 2.05) is 6.92 Å². The maximum atomic E-state index is 11.4. The first-order valence-corrected chi connectivity index (χ1v) is 5.86. The summed E-state index contributed by atoms with van der Waals surface area (Å²) in [5.41, 5.74) is 1.45. The Labute approximate surface area is 97.1 Å². The molecular formula is C12H11NO2S. The van der Waals surface area contributed by atoms with Crippen molar-refractivity contribution in [2.45, 2.75) is 13.3 Å². The Morgan fingerprint density at radius 1 is 1.25 bits per heavy atom. The maximum Gasteiger partial charge on any atom is 0.265 e. The van der Waals surface area contributed by atoms with Crippen LogP contribution in [0, 0.1) is 0 Å². The molecule has 0 N–H and O–H groups in total. The normalized spacial score (nSPS) is 10.3. The molecule has 0 aliphatic rings. The van der Waals surface area contributed by atoms with Crippen molar-refractivity contribution in [2.75, 3.05) is 0 Å². The van der Waals surface area contributed by atoms with Crippen LogP contribution >= 0.6 is 11.5 Å². The van der Waals surface area contributed by atoms with E-state index in [0.717, 1.165) is 5.69 Å². The second-order valence-electron chi connectivity index (χ2n) is 3.36. The molecule has 0 unspecified atom stereocenters. The lowest BCUT2D eigenvalue weighted by Gasteiger charge is -2.02. The average Bonchev–Trinajstić information content (AvgIpc) is 2.75. The Morgan fingerprint density at radius 3 is 2.44 bits per heavy atom. The zero-order chi connectivity index (χ0) is 11.5. The molecule has 0 atom stereocenters. The van der Waals surface area contributed by atoms with Gasteiger partial charge in [-0.05, 0) is 24.3 Å². The lowest BCUT2D eigenvalue weighted by molar-refractivity contribution is 0.0988. The van der Waals surface area contributed by atoms with E-state index in [9.17, 15) is 9.59 Å². The van der Waals surface area contributed by atoms with Gasteiger partial charge in [0.2, 0.25) is 0 Å². The predicted molar refractivity (Wildman–Crippen MR) is 64.5 cm³/mol. The molecule has 0 saturated carbocycles. The molecule has 0 saturated heterocycles. The number of hydrogen-bond donors (Lipinski definition) is 0. The number of aromatic nitrogens is 1. The summed E-state index contributed by atoms with van der Waals surface area (Å²) in [4.78, 5) is 22.8. The first-order chi connectivity index (χ1) is 7.72. The highest BCUT2D eigenvalue weighted by atomic mass is 32.1. The lowest BCUT2D eigenvalue weighted by atomic mass is 10.1. The first-order valence-electron chi connectivity index (χ1n) is 5.03. The van der Waals surface area contributed by atoms with Crippen molar-refractivity contribution in [2.24, 2.45) is 0 Å². The van der Waals surface area contributed by atoms with Crippen LogP contribution in [0.15, 0.2) is 40.5 Å². The van der Waals surface area contributed by atoms with E-state index in [2.05, 4.69) is 0 Å². The number of rotatable bonds is 3. The van der Waals surface area contributed by atoms with Crippen LogP contribution in [0.3, 0.4) is 0 Å². The standard InChI is InChI=1S/C12H11NO2S/c1-2-11(14)9-3-5-10(6-4-9)13-12(15)7-8-16-13/h3-8H,2H2,1H3. The molecule has 2 rings (SSSR count). The number of nitrogens with zero attached hydrogens (tertiary/aromatic N) is 1. The minimum atomic E-state index is -0.0421. The van der Waals surface area contributed by atoms with Crippen LogP contribution in [0.2, 0.25) is 0 Å². The summed E-state index contributed by atoms with van der Waals surface area (Å²) in [6.45, 7) is 1.83. The Hall–Kier alpha value is -1.68. The molecule has 4 heteroatoms. The van der Waals surface area contributed by atoms with Crippen LogP contribution in [-0.4, -0.2) is 9.74 Å². The summed E-state index contributed by atoms with van der Waals surface area (Å²) in [7, 11) is 0. The summed E-state index contributed by atoms with van der Waals surface area (Å²) >= 11 is 1.34. The average molecular weight is 233 g/mol. The summed E-state index contributed by atoms with van der Waals surface area (Å²) in [6.07, 6.45) is 0.498. The van der Waals surface area contributed by atoms with Gasteiger partial charge in [0.25, 0.3) is 5.56 Å². The van der Waals surface area contributed by atoms with Gasteiger partial charge < -0.3 is 0 Å². The van der Waals surface area contributed by atoms with Crippen LogP contribution in [-0.2, 0) is 0 Å². The zero-order valence-electron chi connectivity index (χ0n) is 8.84. The number of carbonyl (C=O) groups is 1. The monoisotopic (exact) mass is 233 g/mol. The predicted octanol–water partition coefficient (Wildman–Crippen LogP) is 2.49. The minimum absolute atomic E-state index is 0.0421. The molecule has 1 aromatic heterocycles. The molecule has 2 aromatic rings. The molecule has 0 spiro atoms. The molecule has 0 aliphatic heterocycles. The second-order valence-corrected chi connectivity index (χ2v) is 4.21. The highest BCUT2D eigenvalue weighted by molar-refractivity contribution is 7.04. The Kier molecular flexibility index (Phi) is 3.01. The fraction of sp³-hybridized carbons (Fsp3) is 0.167. The third-order valence-electron chi connectivity index (χ3n) is 2.32. The van der Waals surface area contributed by atoms with Crippen LogP contribution in [0.4, 0.5) is 0 Å². The van der Waals surface area contributed by atoms with Gasteiger partial charge in [-0.3, -0.25) is 9.59 Å². The van der Waals surface area contributed by atoms with Gasteiger partial charge in [0.15, 0.2) is 5.78 Å². The molecule has 0 aliphatic carbocycles. The SMILES string of the molecule is CCC(=O)c1ccc(-n2sccc2=O)cc1. The second kappa shape index (κ2) is 4.45. The highest BCUT2D eigenvalue weighted by Crippen LogP contribution is 2.11. The molecule has 0 radical (unpaired) electrons. The summed E-state index contributed by atoms with van der Waals surface area (Å²) in [5.74, 6) is 0.116. The number of hydrogen-bond acceptors (Lipinski definition) is 3. The quantitative estimate of drug-likeness (QED) is 0.764. The fourth-order valence-electron chi connectivity index (χ4n) is 1.44. The van der Waals surface area contributed by atoms with Crippen molar-refractivity contribution in [1.82, 2.24) is 3.96 Å². The molecule has 1 aromatic carbocycles. The Morgan fingerprint density at radius 2 is 1.94 bits per heavy atom. The number of Topliss-reactive ketones (excluding diaryl/α,β-unsaturated/α-hetero) is 1. The molecule has 0 fully saturated rings. The van der Waals surface area contributed by atoms with Gasteiger partial charge in [0.1, 0.15) is 0 Å². The van der Waals surface area contributed by atoms with Crippen LogP contribution < -0.4 is 5.56 Å². The molecule has 82 valence electrons. The van der Waals surface area contributed by atoms with E-state index in [0.29, 0.717) is 12.0 Å². The lowest BCUT2D eigenvalue weighted by Crippen LogP contribution is -2.09. The van der Waals surface area contributed by atoms with Gasteiger partial charge in [0.05, 0.1) is 5.69 Å². The van der Waals surface area contributed by atoms with Gasteiger partial charge in [-0.2, -0.15) is 0 Å². The van der Waals surface area contributed by atoms with Crippen molar-refractivity contribution >= 4 is 17.3 Å². The highest BCUT2D eigenvalue weighted by Gasteiger charge is 2.04. The van der Waals surface area contributed by atoms with E-state index in [4.69, 9.17) is 0 Å².